The summed E-state index contributed by atoms with van der Waals surface area (Å²) in [6.07, 6.45) is 3.69. The van der Waals surface area contributed by atoms with E-state index in [1.807, 2.05) is 78.5 Å². The predicted molar refractivity (Wildman–Crippen MR) is 137 cm³/mol. The van der Waals surface area contributed by atoms with Gasteiger partial charge in [0.05, 0.1) is 23.5 Å². The molecule has 0 bridgehead atoms. The first-order valence-corrected chi connectivity index (χ1v) is 11.5. The quantitative estimate of drug-likeness (QED) is 0.235. The molecule has 0 N–H and O–H groups in total. The van der Waals surface area contributed by atoms with Crippen molar-refractivity contribution < 1.29 is 0 Å². The van der Waals surface area contributed by atoms with Crippen LogP contribution in [0.2, 0.25) is 10.0 Å². The average Bonchev–Trinajstić information content (AvgIpc) is 3.25. The molecule has 2 heterocycles. The van der Waals surface area contributed by atoms with Crippen LogP contribution >= 0.6 is 23.2 Å². The number of halogens is 2. The monoisotopic (exact) mass is 486 g/mol. The molecule has 0 amide bonds. The fourth-order valence-electron chi connectivity index (χ4n) is 4.35. The molecule has 0 saturated heterocycles. The number of rotatable bonds is 6. The molecule has 0 radical (unpaired) electrons. The Bertz CT molecular complexity index is 1490. The maximum absolute atomic E-state index is 11.0. The summed E-state index contributed by atoms with van der Waals surface area (Å²) < 4.78 is 2.03. The maximum atomic E-state index is 11.0. The number of hydrogen-bond acceptors (Lipinski definition) is 4. The van der Waals surface area contributed by atoms with E-state index in [1.165, 1.54) is 0 Å². The largest absolute Gasteiger partial charge is 0.337 e. The smallest absolute Gasteiger partial charge is 0.123 e. The van der Waals surface area contributed by atoms with Crippen LogP contribution in [0.15, 0.2) is 90.5 Å². The van der Waals surface area contributed by atoms with Crippen LogP contribution in [-0.4, -0.2) is 14.5 Å². The third kappa shape index (κ3) is 4.32. The summed E-state index contributed by atoms with van der Waals surface area (Å²) in [4.78, 5) is 20.0. The van der Waals surface area contributed by atoms with Crippen molar-refractivity contribution in [1.82, 2.24) is 14.5 Å². The van der Waals surface area contributed by atoms with Crippen molar-refractivity contribution in [3.05, 3.63) is 123 Å². The summed E-state index contributed by atoms with van der Waals surface area (Å²) in [6, 6.07) is 23.7. The van der Waals surface area contributed by atoms with Gasteiger partial charge in [-0.15, -0.1) is 0 Å². The lowest BCUT2D eigenvalue weighted by Crippen LogP contribution is -2.08. The van der Waals surface area contributed by atoms with Gasteiger partial charge in [-0.2, -0.15) is 4.91 Å². The molecule has 1 unspecified atom stereocenters. The molecule has 0 spiro atoms. The molecule has 0 aliphatic rings. The lowest BCUT2D eigenvalue weighted by atomic mass is 9.87. The van der Waals surface area contributed by atoms with Gasteiger partial charge in [-0.1, -0.05) is 58.7 Å². The van der Waals surface area contributed by atoms with Gasteiger partial charge in [-0.3, -0.25) is 4.98 Å². The van der Waals surface area contributed by atoms with E-state index in [9.17, 15) is 4.91 Å². The van der Waals surface area contributed by atoms with Gasteiger partial charge in [-0.25, -0.2) is 4.98 Å². The summed E-state index contributed by atoms with van der Waals surface area (Å²) in [7, 11) is 1.99. The van der Waals surface area contributed by atoms with Gasteiger partial charge in [0.25, 0.3) is 0 Å². The van der Waals surface area contributed by atoms with Crippen LogP contribution < -0.4 is 0 Å². The Morgan fingerprint density at radius 3 is 2.44 bits per heavy atom. The zero-order valence-electron chi connectivity index (χ0n) is 18.3. The Morgan fingerprint density at radius 2 is 1.74 bits per heavy atom. The second kappa shape index (κ2) is 9.37. The molecular formula is C27H20Cl2N4O. The number of nitrogens with zero attached hydrogens (tertiary/aromatic N) is 4. The molecule has 5 aromatic rings. The van der Waals surface area contributed by atoms with Crippen molar-refractivity contribution in [2.24, 2.45) is 12.2 Å². The minimum atomic E-state index is -0.0577. The molecule has 34 heavy (non-hydrogen) atoms. The SMILES string of the molecule is Cn1cncc1C(c1ccc(Cl)cc1)c1ccc2nc(CN=O)cc(-c3cccc(Cl)c3)c2c1. The lowest BCUT2D eigenvalue weighted by Gasteiger charge is -2.20. The fourth-order valence-corrected chi connectivity index (χ4v) is 4.67. The Hall–Kier alpha value is -3.54. The van der Waals surface area contributed by atoms with Crippen molar-refractivity contribution >= 4 is 34.1 Å². The lowest BCUT2D eigenvalue weighted by molar-refractivity contribution is 0.793. The highest BCUT2D eigenvalue weighted by Gasteiger charge is 2.21. The number of aryl methyl sites for hydroxylation is 1. The van der Waals surface area contributed by atoms with Crippen molar-refractivity contribution in [2.75, 3.05) is 0 Å². The highest BCUT2D eigenvalue weighted by atomic mass is 35.5. The number of aromatic nitrogens is 3. The normalized spacial score (nSPS) is 12.1. The van der Waals surface area contributed by atoms with E-state index in [1.54, 1.807) is 6.33 Å². The summed E-state index contributed by atoms with van der Waals surface area (Å²) in [5.74, 6) is -0.0577. The Morgan fingerprint density at radius 1 is 0.941 bits per heavy atom. The molecule has 168 valence electrons. The van der Waals surface area contributed by atoms with Gasteiger partial charge in [0, 0.05) is 34.4 Å². The molecule has 5 rings (SSSR count). The second-order valence-corrected chi connectivity index (χ2v) is 9.02. The van der Waals surface area contributed by atoms with Crippen molar-refractivity contribution in [3.8, 4) is 11.1 Å². The van der Waals surface area contributed by atoms with Crippen LogP contribution in [0, 0.1) is 4.91 Å². The molecule has 5 nitrogen and oxygen atoms in total. The molecule has 0 saturated carbocycles. The van der Waals surface area contributed by atoms with Crippen LogP contribution in [0.25, 0.3) is 22.0 Å². The van der Waals surface area contributed by atoms with Gasteiger partial charge >= 0.3 is 0 Å². The third-order valence-electron chi connectivity index (χ3n) is 5.93. The van der Waals surface area contributed by atoms with Gasteiger partial charge < -0.3 is 4.57 Å². The van der Waals surface area contributed by atoms with E-state index < -0.39 is 0 Å². The molecule has 3 aromatic carbocycles. The molecule has 0 aliphatic heterocycles. The van der Waals surface area contributed by atoms with Crippen molar-refractivity contribution in [1.29, 1.82) is 0 Å². The topological polar surface area (TPSA) is 60.1 Å². The van der Waals surface area contributed by atoms with E-state index >= 15 is 0 Å². The highest BCUT2D eigenvalue weighted by Crippen LogP contribution is 2.37. The van der Waals surface area contributed by atoms with E-state index in [2.05, 4.69) is 27.3 Å². The number of benzene rings is 3. The minimum Gasteiger partial charge on any atom is -0.337 e. The Labute approximate surface area is 207 Å². The van der Waals surface area contributed by atoms with E-state index in [4.69, 9.17) is 23.2 Å². The van der Waals surface area contributed by atoms with Crippen LogP contribution in [0.3, 0.4) is 0 Å². The fraction of sp³-hybridized carbons (Fsp3) is 0.111. The number of nitroso groups, excluding NO2 is 1. The number of imidazole rings is 1. The zero-order chi connectivity index (χ0) is 23.7. The van der Waals surface area contributed by atoms with Crippen molar-refractivity contribution in [3.63, 3.8) is 0 Å². The highest BCUT2D eigenvalue weighted by molar-refractivity contribution is 6.31. The van der Waals surface area contributed by atoms with Crippen LogP contribution in [-0.2, 0) is 13.6 Å². The number of fused-ring (bicyclic) bond motifs is 1. The minimum absolute atomic E-state index is 0.00762. The summed E-state index contributed by atoms with van der Waals surface area (Å²) in [5.41, 5.74) is 6.56. The maximum Gasteiger partial charge on any atom is 0.123 e. The van der Waals surface area contributed by atoms with Gasteiger partial charge in [0.1, 0.15) is 6.54 Å². The average molecular weight is 487 g/mol. The molecular weight excluding hydrogens is 467 g/mol. The van der Waals surface area contributed by atoms with Crippen LogP contribution in [0.4, 0.5) is 0 Å². The number of pyridine rings is 1. The van der Waals surface area contributed by atoms with Gasteiger partial charge in [-0.05, 0) is 64.7 Å². The van der Waals surface area contributed by atoms with E-state index in [0.29, 0.717) is 15.7 Å². The molecule has 2 aromatic heterocycles. The van der Waals surface area contributed by atoms with Gasteiger partial charge in [0.2, 0.25) is 0 Å². The second-order valence-electron chi connectivity index (χ2n) is 8.15. The van der Waals surface area contributed by atoms with E-state index in [-0.39, 0.29) is 12.5 Å². The van der Waals surface area contributed by atoms with E-state index in [0.717, 1.165) is 38.9 Å². The standard InChI is InChI=1S/C27H20Cl2N4O/c1-33-16-30-15-26(33)27(17-5-8-20(28)9-6-17)19-7-10-25-24(12-19)23(13-22(32-25)14-31-34)18-3-2-4-21(29)11-18/h2-13,15-16,27H,14H2,1H3. The van der Waals surface area contributed by atoms with Crippen molar-refractivity contribution in [2.45, 2.75) is 12.5 Å². The predicted octanol–water partition coefficient (Wildman–Crippen LogP) is 7.39. The third-order valence-corrected chi connectivity index (χ3v) is 6.42. The first-order chi connectivity index (χ1) is 16.5. The molecule has 1 atom stereocenters. The van der Waals surface area contributed by atoms with Crippen LogP contribution in [0.1, 0.15) is 28.4 Å². The first kappa shape index (κ1) is 22.3. The van der Waals surface area contributed by atoms with Crippen LogP contribution in [0.5, 0.6) is 0 Å². The van der Waals surface area contributed by atoms with Gasteiger partial charge in [0.15, 0.2) is 0 Å². The molecule has 7 heteroatoms. The molecule has 0 fully saturated rings. The summed E-state index contributed by atoms with van der Waals surface area (Å²) >= 11 is 12.5. The Balaban J connectivity index is 1.75. The summed E-state index contributed by atoms with van der Waals surface area (Å²) in [5, 5.41) is 5.34. The summed E-state index contributed by atoms with van der Waals surface area (Å²) in [6.45, 7) is 0.00762. The first-order valence-electron chi connectivity index (χ1n) is 10.7. The zero-order valence-corrected chi connectivity index (χ0v) is 19.8. The molecule has 0 aliphatic carbocycles. The Kier molecular flexibility index (Phi) is 6.14. The number of hydrogen-bond donors (Lipinski definition) is 0.